The summed E-state index contributed by atoms with van der Waals surface area (Å²) >= 11 is 0. The molecule has 0 saturated carbocycles. The van der Waals surface area contributed by atoms with Crippen LogP contribution in [0, 0.1) is 11.3 Å². The molecule has 106 valence electrons. The van der Waals surface area contributed by atoms with Gasteiger partial charge in [-0.05, 0) is 35.9 Å². The lowest BCUT2D eigenvalue weighted by Crippen LogP contribution is -2.16. The lowest BCUT2D eigenvalue weighted by molar-refractivity contribution is 0.0600. The summed E-state index contributed by atoms with van der Waals surface area (Å²) in [7, 11) is 3.33. The lowest BCUT2D eigenvalue weighted by atomic mass is 10.1. The topological polar surface area (TPSA) is 53.3 Å². The Hall–Kier alpha value is -2.80. The van der Waals surface area contributed by atoms with Crippen molar-refractivity contribution in [3.63, 3.8) is 0 Å². The summed E-state index contributed by atoms with van der Waals surface area (Å²) in [5.74, 6) is -0.336. The molecule has 0 unspecified atom stereocenters. The number of methoxy groups -OCH3 is 1. The van der Waals surface area contributed by atoms with Crippen molar-refractivity contribution in [1.29, 1.82) is 5.26 Å². The van der Waals surface area contributed by atoms with Crippen molar-refractivity contribution >= 4 is 11.7 Å². The van der Waals surface area contributed by atoms with Gasteiger partial charge in [-0.3, -0.25) is 0 Å². The Kier molecular flexibility index (Phi) is 4.57. The normalized spacial score (nSPS) is 9.76. The van der Waals surface area contributed by atoms with Gasteiger partial charge in [-0.15, -0.1) is 0 Å². The molecule has 0 aliphatic rings. The summed E-state index contributed by atoms with van der Waals surface area (Å²) in [6.07, 6.45) is 0. The van der Waals surface area contributed by atoms with E-state index in [4.69, 9.17) is 5.26 Å². The molecular formula is C17H16N2O2. The second-order valence-corrected chi connectivity index (χ2v) is 4.71. The van der Waals surface area contributed by atoms with Gasteiger partial charge in [-0.25, -0.2) is 4.79 Å². The van der Waals surface area contributed by atoms with Crippen molar-refractivity contribution in [3.8, 4) is 6.07 Å². The van der Waals surface area contributed by atoms with E-state index >= 15 is 0 Å². The summed E-state index contributed by atoms with van der Waals surface area (Å²) in [6.45, 7) is 0.691. The van der Waals surface area contributed by atoms with E-state index in [-0.39, 0.29) is 5.97 Å². The molecule has 0 bridgehead atoms. The Bertz CT molecular complexity index is 672. The zero-order valence-electron chi connectivity index (χ0n) is 12.0. The van der Waals surface area contributed by atoms with Crippen LogP contribution in [0.25, 0.3) is 0 Å². The van der Waals surface area contributed by atoms with Crippen LogP contribution in [0.15, 0.2) is 48.5 Å². The average Bonchev–Trinajstić information content (AvgIpc) is 2.54. The molecule has 0 spiro atoms. The predicted octanol–water partition coefficient (Wildman–Crippen LogP) is 2.98. The smallest absolute Gasteiger partial charge is 0.337 e. The molecule has 21 heavy (non-hydrogen) atoms. The van der Waals surface area contributed by atoms with Crippen LogP contribution >= 0.6 is 0 Å². The highest BCUT2D eigenvalue weighted by Gasteiger charge is 2.06. The molecule has 0 aliphatic heterocycles. The molecule has 0 aromatic heterocycles. The summed E-state index contributed by atoms with van der Waals surface area (Å²) in [5.41, 5.74) is 3.23. The van der Waals surface area contributed by atoms with Gasteiger partial charge in [0.25, 0.3) is 0 Å². The number of hydrogen-bond donors (Lipinski definition) is 0. The Morgan fingerprint density at radius 1 is 1.24 bits per heavy atom. The van der Waals surface area contributed by atoms with E-state index in [9.17, 15) is 4.79 Å². The van der Waals surface area contributed by atoms with Gasteiger partial charge in [0, 0.05) is 19.3 Å². The molecule has 4 heteroatoms. The van der Waals surface area contributed by atoms with Gasteiger partial charge in [0.1, 0.15) is 0 Å². The zero-order chi connectivity index (χ0) is 15.2. The quantitative estimate of drug-likeness (QED) is 0.808. The molecule has 0 atom stereocenters. The fourth-order valence-corrected chi connectivity index (χ4v) is 2.04. The maximum atomic E-state index is 11.4. The highest BCUT2D eigenvalue weighted by atomic mass is 16.5. The van der Waals surface area contributed by atoms with E-state index in [1.54, 1.807) is 18.2 Å². The number of esters is 1. The highest BCUT2D eigenvalue weighted by molar-refractivity contribution is 5.89. The largest absolute Gasteiger partial charge is 0.465 e. The SMILES string of the molecule is COC(=O)c1ccc(CN(C)c2cccc(C#N)c2)cc1. The number of rotatable bonds is 4. The van der Waals surface area contributed by atoms with Gasteiger partial charge < -0.3 is 9.64 Å². The molecule has 0 heterocycles. The Morgan fingerprint density at radius 3 is 2.57 bits per heavy atom. The number of nitriles is 1. The Balaban J connectivity index is 2.10. The van der Waals surface area contributed by atoms with Gasteiger partial charge in [-0.1, -0.05) is 18.2 Å². The molecule has 2 aromatic carbocycles. The van der Waals surface area contributed by atoms with E-state index in [0.29, 0.717) is 17.7 Å². The lowest BCUT2D eigenvalue weighted by Gasteiger charge is -2.19. The summed E-state index contributed by atoms with van der Waals surface area (Å²) in [5, 5.41) is 8.93. The number of anilines is 1. The standard InChI is InChI=1S/C17H16N2O2/c1-19(16-5-3-4-14(10-16)11-18)12-13-6-8-15(9-7-13)17(20)21-2/h3-10H,12H2,1-2H3. The van der Waals surface area contributed by atoms with Gasteiger partial charge in [0.15, 0.2) is 0 Å². The van der Waals surface area contributed by atoms with Crippen molar-refractivity contribution < 1.29 is 9.53 Å². The van der Waals surface area contributed by atoms with Crippen LogP contribution in [-0.2, 0) is 11.3 Å². The number of hydrogen-bond acceptors (Lipinski definition) is 4. The van der Waals surface area contributed by atoms with Crippen molar-refractivity contribution in [2.75, 3.05) is 19.1 Å². The Labute approximate surface area is 124 Å². The third-order valence-electron chi connectivity index (χ3n) is 3.21. The second kappa shape index (κ2) is 6.58. The summed E-state index contributed by atoms with van der Waals surface area (Å²) in [4.78, 5) is 13.4. The zero-order valence-corrected chi connectivity index (χ0v) is 12.0. The molecule has 0 amide bonds. The fraction of sp³-hybridized carbons (Fsp3) is 0.176. The maximum Gasteiger partial charge on any atom is 0.337 e. The van der Waals surface area contributed by atoms with Crippen LogP contribution in [0.2, 0.25) is 0 Å². The number of benzene rings is 2. The van der Waals surface area contributed by atoms with E-state index in [2.05, 4.69) is 10.8 Å². The number of ether oxygens (including phenoxy) is 1. The van der Waals surface area contributed by atoms with Crippen LogP contribution in [0.4, 0.5) is 5.69 Å². The van der Waals surface area contributed by atoms with Crippen LogP contribution in [-0.4, -0.2) is 20.1 Å². The minimum Gasteiger partial charge on any atom is -0.465 e. The number of nitrogens with zero attached hydrogens (tertiary/aromatic N) is 2. The molecule has 0 N–H and O–H groups in total. The molecule has 0 fully saturated rings. The van der Waals surface area contributed by atoms with Crippen LogP contribution < -0.4 is 4.90 Å². The van der Waals surface area contributed by atoms with E-state index in [1.165, 1.54) is 7.11 Å². The highest BCUT2D eigenvalue weighted by Crippen LogP contribution is 2.17. The first kappa shape index (κ1) is 14.6. The van der Waals surface area contributed by atoms with Crippen molar-refractivity contribution in [2.24, 2.45) is 0 Å². The molecule has 4 nitrogen and oxygen atoms in total. The third kappa shape index (κ3) is 3.61. The minimum absolute atomic E-state index is 0.336. The van der Waals surface area contributed by atoms with Crippen molar-refractivity contribution in [1.82, 2.24) is 0 Å². The first-order valence-corrected chi connectivity index (χ1v) is 6.52. The molecule has 2 rings (SSSR count). The average molecular weight is 280 g/mol. The number of carbonyl (C=O) groups is 1. The van der Waals surface area contributed by atoms with Crippen molar-refractivity contribution in [3.05, 3.63) is 65.2 Å². The van der Waals surface area contributed by atoms with E-state index in [0.717, 1.165) is 11.3 Å². The van der Waals surface area contributed by atoms with E-state index in [1.807, 2.05) is 42.3 Å². The molecule has 2 aromatic rings. The third-order valence-corrected chi connectivity index (χ3v) is 3.21. The summed E-state index contributed by atoms with van der Waals surface area (Å²) < 4.78 is 4.67. The van der Waals surface area contributed by atoms with Crippen molar-refractivity contribution in [2.45, 2.75) is 6.54 Å². The van der Waals surface area contributed by atoms with Crippen LogP contribution in [0.3, 0.4) is 0 Å². The monoisotopic (exact) mass is 280 g/mol. The molecule has 0 saturated heterocycles. The number of carbonyl (C=O) groups excluding carboxylic acids is 1. The fourth-order valence-electron chi connectivity index (χ4n) is 2.04. The summed E-state index contributed by atoms with van der Waals surface area (Å²) in [6, 6.07) is 16.9. The minimum atomic E-state index is -0.336. The first-order valence-electron chi connectivity index (χ1n) is 6.52. The van der Waals surface area contributed by atoms with Gasteiger partial charge in [0.05, 0.1) is 24.3 Å². The first-order chi connectivity index (χ1) is 10.1. The van der Waals surface area contributed by atoms with Gasteiger partial charge in [0.2, 0.25) is 0 Å². The maximum absolute atomic E-state index is 11.4. The molecular weight excluding hydrogens is 264 g/mol. The second-order valence-electron chi connectivity index (χ2n) is 4.71. The van der Waals surface area contributed by atoms with Gasteiger partial charge >= 0.3 is 5.97 Å². The van der Waals surface area contributed by atoms with Gasteiger partial charge in [-0.2, -0.15) is 5.26 Å². The molecule has 0 radical (unpaired) electrons. The van der Waals surface area contributed by atoms with E-state index < -0.39 is 0 Å². The van der Waals surface area contributed by atoms with Crippen LogP contribution in [0.5, 0.6) is 0 Å². The Morgan fingerprint density at radius 2 is 1.95 bits per heavy atom. The predicted molar refractivity (Wildman–Crippen MR) is 81.0 cm³/mol. The van der Waals surface area contributed by atoms with Crippen LogP contribution in [0.1, 0.15) is 21.5 Å². The molecule has 0 aliphatic carbocycles.